The van der Waals surface area contributed by atoms with Crippen molar-refractivity contribution in [3.8, 4) is 5.75 Å². The van der Waals surface area contributed by atoms with Gasteiger partial charge in [0.25, 0.3) is 0 Å². The van der Waals surface area contributed by atoms with Crippen molar-refractivity contribution in [3.63, 3.8) is 0 Å². The first-order valence-corrected chi connectivity index (χ1v) is 5.98. The summed E-state index contributed by atoms with van der Waals surface area (Å²) in [6, 6.07) is 8.80. The number of nitrogens with one attached hydrogen (secondary N) is 1. The van der Waals surface area contributed by atoms with E-state index < -0.39 is 0 Å². The van der Waals surface area contributed by atoms with Crippen LogP contribution in [-0.2, 0) is 0 Å². The molecule has 2 aromatic carbocycles. The van der Waals surface area contributed by atoms with Crippen molar-refractivity contribution in [1.29, 1.82) is 0 Å². The summed E-state index contributed by atoms with van der Waals surface area (Å²) in [6.07, 6.45) is 0. The molecule has 0 amide bonds. The fourth-order valence-electron chi connectivity index (χ4n) is 1.87. The summed E-state index contributed by atoms with van der Waals surface area (Å²) in [4.78, 5) is 0. The van der Waals surface area contributed by atoms with Crippen molar-refractivity contribution in [2.24, 2.45) is 0 Å². The lowest BCUT2D eigenvalue weighted by molar-refractivity contribution is 0.416. The highest BCUT2D eigenvalue weighted by molar-refractivity contribution is 5.76. The third-order valence-corrected chi connectivity index (χ3v) is 2.96. The van der Waals surface area contributed by atoms with Crippen molar-refractivity contribution in [2.45, 2.75) is 13.8 Å². The molecule has 0 spiro atoms. The molecule has 100 valence electrons. The zero-order chi connectivity index (χ0) is 14.0. The first-order chi connectivity index (χ1) is 9.01. The fourth-order valence-corrected chi connectivity index (χ4v) is 1.87. The molecule has 0 saturated carbocycles. The largest absolute Gasteiger partial charge is 0.495 e. The van der Waals surface area contributed by atoms with Crippen LogP contribution in [0.5, 0.6) is 5.75 Å². The SMILES string of the molecule is COc1ccc(C)cc1Nc1cc(C)c(F)cc1N. The van der Waals surface area contributed by atoms with Crippen molar-refractivity contribution in [2.75, 3.05) is 18.2 Å². The highest BCUT2D eigenvalue weighted by Crippen LogP contribution is 2.32. The first kappa shape index (κ1) is 13.2. The summed E-state index contributed by atoms with van der Waals surface area (Å²) in [7, 11) is 1.61. The van der Waals surface area contributed by atoms with Crippen LogP contribution in [0.4, 0.5) is 21.5 Å². The molecule has 0 fully saturated rings. The molecule has 0 aliphatic heterocycles. The van der Waals surface area contributed by atoms with Crippen LogP contribution in [0, 0.1) is 19.7 Å². The van der Waals surface area contributed by atoms with Crippen molar-refractivity contribution >= 4 is 17.1 Å². The maximum Gasteiger partial charge on any atom is 0.142 e. The second kappa shape index (κ2) is 5.18. The second-order valence-electron chi connectivity index (χ2n) is 4.52. The smallest absolute Gasteiger partial charge is 0.142 e. The number of hydrogen-bond donors (Lipinski definition) is 2. The molecule has 0 radical (unpaired) electrons. The first-order valence-electron chi connectivity index (χ1n) is 5.98. The van der Waals surface area contributed by atoms with Gasteiger partial charge in [-0.3, -0.25) is 0 Å². The maximum absolute atomic E-state index is 13.4. The van der Waals surface area contributed by atoms with Crippen LogP contribution in [0.15, 0.2) is 30.3 Å². The van der Waals surface area contributed by atoms with Gasteiger partial charge in [-0.2, -0.15) is 0 Å². The fraction of sp³-hybridized carbons (Fsp3) is 0.200. The van der Waals surface area contributed by atoms with Gasteiger partial charge in [-0.25, -0.2) is 4.39 Å². The van der Waals surface area contributed by atoms with E-state index in [0.29, 0.717) is 22.7 Å². The minimum Gasteiger partial charge on any atom is -0.495 e. The minimum atomic E-state index is -0.306. The number of aryl methyl sites for hydroxylation is 2. The van der Waals surface area contributed by atoms with E-state index in [-0.39, 0.29) is 5.82 Å². The van der Waals surface area contributed by atoms with Gasteiger partial charge >= 0.3 is 0 Å². The molecule has 3 N–H and O–H groups in total. The predicted octanol–water partition coefficient (Wildman–Crippen LogP) is 3.78. The Labute approximate surface area is 112 Å². The van der Waals surface area contributed by atoms with Crippen molar-refractivity contribution in [1.82, 2.24) is 0 Å². The van der Waals surface area contributed by atoms with E-state index in [9.17, 15) is 4.39 Å². The summed E-state index contributed by atoms with van der Waals surface area (Å²) in [6.45, 7) is 3.69. The number of anilines is 3. The lowest BCUT2D eigenvalue weighted by Gasteiger charge is -2.14. The van der Waals surface area contributed by atoms with Crippen LogP contribution in [0.2, 0.25) is 0 Å². The molecule has 4 heteroatoms. The third kappa shape index (κ3) is 2.78. The number of benzene rings is 2. The van der Waals surface area contributed by atoms with Gasteiger partial charge in [-0.05, 0) is 49.2 Å². The van der Waals surface area contributed by atoms with Crippen LogP contribution in [-0.4, -0.2) is 7.11 Å². The van der Waals surface area contributed by atoms with E-state index in [2.05, 4.69) is 5.32 Å². The zero-order valence-corrected chi connectivity index (χ0v) is 11.3. The summed E-state index contributed by atoms with van der Waals surface area (Å²) in [5.74, 6) is 0.409. The van der Waals surface area contributed by atoms with Gasteiger partial charge < -0.3 is 15.8 Å². The maximum atomic E-state index is 13.4. The highest BCUT2D eigenvalue weighted by atomic mass is 19.1. The van der Waals surface area contributed by atoms with Crippen molar-refractivity contribution < 1.29 is 9.13 Å². The third-order valence-electron chi connectivity index (χ3n) is 2.96. The summed E-state index contributed by atoms with van der Waals surface area (Å²) in [5.41, 5.74) is 9.31. The molecule has 0 bridgehead atoms. The Morgan fingerprint density at radius 2 is 1.84 bits per heavy atom. The average Bonchev–Trinajstić information content (AvgIpc) is 2.36. The Balaban J connectivity index is 2.41. The van der Waals surface area contributed by atoms with Gasteiger partial charge in [0.2, 0.25) is 0 Å². The quantitative estimate of drug-likeness (QED) is 0.826. The van der Waals surface area contributed by atoms with Gasteiger partial charge in [0.1, 0.15) is 11.6 Å². The molecule has 0 aromatic heterocycles. The van der Waals surface area contributed by atoms with E-state index in [4.69, 9.17) is 10.5 Å². The molecular weight excluding hydrogens is 243 g/mol. The zero-order valence-electron chi connectivity index (χ0n) is 11.3. The second-order valence-corrected chi connectivity index (χ2v) is 4.52. The molecule has 0 unspecified atom stereocenters. The van der Waals surface area contributed by atoms with E-state index in [1.807, 2.05) is 25.1 Å². The van der Waals surface area contributed by atoms with Gasteiger partial charge in [0.15, 0.2) is 0 Å². The summed E-state index contributed by atoms with van der Waals surface area (Å²) < 4.78 is 18.7. The number of rotatable bonds is 3. The Bertz CT molecular complexity index is 611. The summed E-state index contributed by atoms with van der Waals surface area (Å²) >= 11 is 0. The Morgan fingerprint density at radius 1 is 1.11 bits per heavy atom. The van der Waals surface area contributed by atoms with Gasteiger partial charge in [-0.15, -0.1) is 0 Å². The minimum absolute atomic E-state index is 0.306. The molecule has 0 heterocycles. The molecule has 19 heavy (non-hydrogen) atoms. The number of halogens is 1. The molecule has 2 aromatic rings. The predicted molar refractivity (Wildman–Crippen MR) is 76.6 cm³/mol. The van der Waals surface area contributed by atoms with Crippen LogP contribution < -0.4 is 15.8 Å². The number of hydrogen-bond acceptors (Lipinski definition) is 3. The molecule has 0 saturated heterocycles. The van der Waals surface area contributed by atoms with E-state index in [1.165, 1.54) is 6.07 Å². The summed E-state index contributed by atoms with van der Waals surface area (Å²) in [5, 5.41) is 3.18. The Morgan fingerprint density at radius 3 is 2.53 bits per heavy atom. The number of nitrogens with two attached hydrogens (primary N) is 1. The lowest BCUT2D eigenvalue weighted by atomic mass is 10.1. The molecule has 0 atom stereocenters. The molecular formula is C15H17FN2O. The number of nitrogen functional groups attached to an aromatic ring is 1. The van der Waals surface area contributed by atoms with Gasteiger partial charge in [0, 0.05) is 0 Å². The lowest BCUT2D eigenvalue weighted by Crippen LogP contribution is -2.00. The van der Waals surface area contributed by atoms with Gasteiger partial charge in [0.05, 0.1) is 24.2 Å². The molecule has 0 aliphatic carbocycles. The van der Waals surface area contributed by atoms with E-state index in [0.717, 1.165) is 11.3 Å². The monoisotopic (exact) mass is 260 g/mol. The topological polar surface area (TPSA) is 47.3 Å². The molecule has 3 nitrogen and oxygen atoms in total. The molecule has 2 rings (SSSR count). The number of methoxy groups -OCH3 is 1. The van der Waals surface area contributed by atoms with Crippen LogP contribution in [0.3, 0.4) is 0 Å². The van der Waals surface area contributed by atoms with E-state index in [1.54, 1.807) is 20.1 Å². The van der Waals surface area contributed by atoms with Crippen LogP contribution in [0.25, 0.3) is 0 Å². The average molecular weight is 260 g/mol. The number of ether oxygens (including phenoxy) is 1. The highest BCUT2D eigenvalue weighted by Gasteiger charge is 2.08. The molecule has 0 aliphatic rings. The Hall–Kier alpha value is -2.23. The van der Waals surface area contributed by atoms with Crippen LogP contribution in [0.1, 0.15) is 11.1 Å². The van der Waals surface area contributed by atoms with Crippen LogP contribution >= 0.6 is 0 Å². The standard InChI is InChI=1S/C15H17FN2O/c1-9-4-5-15(19-3)14(6-9)18-13-7-10(2)11(16)8-12(13)17/h4-8,18H,17H2,1-3H3. The van der Waals surface area contributed by atoms with Crippen molar-refractivity contribution in [3.05, 3.63) is 47.3 Å². The van der Waals surface area contributed by atoms with Gasteiger partial charge in [-0.1, -0.05) is 6.07 Å². The normalized spacial score (nSPS) is 10.3. The Kier molecular flexibility index (Phi) is 3.60. The van der Waals surface area contributed by atoms with E-state index >= 15 is 0 Å².